The molecule has 3 fully saturated rings. The highest BCUT2D eigenvalue weighted by Gasteiger charge is 2.46. The van der Waals surface area contributed by atoms with Crippen molar-refractivity contribution < 1.29 is 9.53 Å². The van der Waals surface area contributed by atoms with Gasteiger partial charge in [-0.3, -0.25) is 4.79 Å². The SMILES string of the molecule is COc1cccc(CCCN2CCC(NC(=O)C3CCC4(CC3)CC4)C2)c1. The van der Waals surface area contributed by atoms with Gasteiger partial charge in [-0.1, -0.05) is 12.1 Å². The zero-order valence-corrected chi connectivity index (χ0v) is 16.7. The number of hydrogen-bond donors (Lipinski definition) is 1. The number of amides is 1. The number of nitrogens with one attached hydrogen (secondary N) is 1. The summed E-state index contributed by atoms with van der Waals surface area (Å²) >= 11 is 0. The lowest BCUT2D eigenvalue weighted by Gasteiger charge is -2.28. The minimum Gasteiger partial charge on any atom is -0.497 e. The Kier molecular flexibility index (Phi) is 5.72. The summed E-state index contributed by atoms with van der Waals surface area (Å²) < 4.78 is 5.30. The Morgan fingerprint density at radius 1 is 1.22 bits per heavy atom. The van der Waals surface area contributed by atoms with Gasteiger partial charge in [0.1, 0.15) is 5.75 Å². The second kappa shape index (κ2) is 8.22. The van der Waals surface area contributed by atoms with Crippen LogP contribution in [0, 0.1) is 11.3 Å². The van der Waals surface area contributed by atoms with E-state index in [2.05, 4.69) is 28.4 Å². The molecule has 1 aromatic rings. The van der Waals surface area contributed by atoms with Crippen molar-refractivity contribution in [3.63, 3.8) is 0 Å². The number of hydrogen-bond acceptors (Lipinski definition) is 3. The van der Waals surface area contributed by atoms with Crippen molar-refractivity contribution in [1.82, 2.24) is 10.2 Å². The van der Waals surface area contributed by atoms with Crippen LogP contribution >= 0.6 is 0 Å². The quantitative estimate of drug-likeness (QED) is 0.794. The third-order valence-electron chi connectivity index (χ3n) is 7.07. The average molecular weight is 371 g/mol. The molecule has 0 aromatic heterocycles. The summed E-state index contributed by atoms with van der Waals surface area (Å²) in [6.07, 6.45) is 10.9. The maximum Gasteiger partial charge on any atom is 0.223 e. The fraction of sp³-hybridized carbons (Fsp3) is 0.696. The van der Waals surface area contributed by atoms with Crippen LogP contribution in [-0.4, -0.2) is 43.6 Å². The molecule has 2 saturated carbocycles. The number of carbonyl (C=O) groups excluding carboxylic acids is 1. The van der Waals surface area contributed by atoms with Crippen LogP contribution in [0.1, 0.15) is 56.9 Å². The normalized spacial score (nSPS) is 24.9. The molecule has 3 aliphatic rings. The lowest BCUT2D eigenvalue weighted by Crippen LogP contribution is -2.41. The molecule has 1 heterocycles. The summed E-state index contributed by atoms with van der Waals surface area (Å²) in [6, 6.07) is 8.71. The van der Waals surface area contributed by atoms with Gasteiger partial charge in [-0.25, -0.2) is 0 Å². The zero-order valence-electron chi connectivity index (χ0n) is 16.7. The van der Waals surface area contributed by atoms with E-state index in [1.54, 1.807) is 7.11 Å². The number of likely N-dealkylation sites (tertiary alicyclic amines) is 1. The molecule has 0 radical (unpaired) electrons. The molecule has 1 saturated heterocycles. The third kappa shape index (κ3) is 4.84. The second-order valence-corrected chi connectivity index (χ2v) is 9.02. The first-order valence-corrected chi connectivity index (χ1v) is 10.8. The first-order valence-electron chi connectivity index (χ1n) is 10.8. The van der Waals surface area contributed by atoms with E-state index in [1.165, 1.54) is 31.2 Å². The average Bonchev–Trinajstić information content (AvgIpc) is 3.29. The molecule has 4 nitrogen and oxygen atoms in total. The summed E-state index contributed by atoms with van der Waals surface area (Å²) in [6.45, 7) is 3.23. The number of aryl methyl sites for hydroxylation is 1. The predicted molar refractivity (Wildman–Crippen MR) is 108 cm³/mol. The first-order chi connectivity index (χ1) is 13.2. The number of nitrogens with zero attached hydrogens (tertiary/aromatic N) is 1. The standard InChI is InChI=1S/C23H34N2O2/c1-27-21-6-2-4-18(16-21)5-3-14-25-15-9-20(17-25)24-22(26)19-7-10-23(11-8-19)12-13-23/h2,4,6,16,19-20H,3,5,7-15,17H2,1H3,(H,24,26). The molecule has 1 aliphatic heterocycles. The Bertz CT molecular complexity index is 646. The molecule has 148 valence electrons. The van der Waals surface area contributed by atoms with Crippen molar-refractivity contribution in [3.8, 4) is 5.75 Å². The van der Waals surface area contributed by atoms with E-state index in [0.29, 0.717) is 17.4 Å². The van der Waals surface area contributed by atoms with Gasteiger partial charge in [0.15, 0.2) is 0 Å². The predicted octanol–water partition coefficient (Wildman–Crippen LogP) is 3.79. The molecule has 27 heavy (non-hydrogen) atoms. The molecule has 0 bridgehead atoms. The number of methoxy groups -OCH3 is 1. The number of benzene rings is 1. The first kappa shape index (κ1) is 18.8. The fourth-order valence-electron chi connectivity index (χ4n) is 4.98. The van der Waals surface area contributed by atoms with Crippen molar-refractivity contribution in [2.75, 3.05) is 26.7 Å². The third-order valence-corrected chi connectivity index (χ3v) is 7.07. The minimum absolute atomic E-state index is 0.276. The molecule has 1 amide bonds. The molecular formula is C23H34N2O2. The van der Waals surface area contributed by atoms with E-state index in [4.69, 9.17) is 4.74 Å². The van der Waals surface area contributed by atoms with Crippen molar-refractivity contribution in [1.29, 1.82) is 0 Å². The van der Waals surface area contributed by atoms with Crippen LogP contribution < -0.4 is 10.1 Å². The summed E-state index contributed by atoms with van der Waals surface area (Å²) in [4.78, 5) is 15.1. The zero-order chi connectivity index (χ0) is 18.7. The molecule has 1 spiro atoms. The van der Waals surface area contributed by atoms with Crippen molar-refractivity contribution in [3.05, 3.63) is 29.8 Å². The molecule has 4 rings (SSSR count). The van der Waals surface area contributed by atoms with Gasteiger partial charge >= 0.3 is 0 Å². The fourth-order valence-corrected chi connectivity index (χ4v) is 4.98. The van der Waals surface area contributed by atoms with Crippen LogP contribution in [0.15, 0.2) is 24.3 Å². The summed E-state index contributed by atoms with van der Waals surface area (Å²) in [5.74, 6) is 1.54. The van der Waals surface area contributed by atoms with Gasteiger partial charge < -0.3 is 15.0 Å². The monoisotopic (exact) mass is 370 g/mol. The molecule has 1 atom stereocenters. The van der Waals surface area contributed by atoms with Crippen molar-refractivity contribution in [2.24, 2.45) is 11.3 Å². The molecular weight excluding hydrogens is 336 g/mol. The minimum atomic E-state index is 0.276. The Balaban J connectivity index is 1.15. The largest absolute Gasteiger partial charge is 0.497 e. The Hall–Kier alpha value is -1.55. The van der Waals surface area contributed by atoms with E-state index in [1.807, 2.05) is 6.07 Å². The number of rotatable bonds is 7. The van der Waals surface area contributed by atoms with Gasteiger partial charge in [-0.05, 0) is 87.4 Å². The van der Waals surface area contributed by atoms with Gasteiger partial charge in [0.2, 0.25) is 5.91 Å². The van der Waals surface area contributed by atoms with Gasteiger partial charge in [0, 0.05) is 25.0 Å². The molecule has 1 aromatic carbocycles. The second-order valence-electron chi connectivity index (χ2n) is 9.02. The smallest absolute Gasteiger partial charge is 0.223 e. The van der Waals surface area contributed by atoms with Crippen molar-refractivity contribution in [2.45, 2.75) is 63.8 Å². The molecule has 1 N–H and O–H groups in total. The highest BCUT2D eigenvalue weighted by atomic mass is 16.5. The van der Waals surface area contributed by atoms with E-state index in [9.17, 15) is 4.79 Å². The van der Waals surface area contributed by atoms with E-state index in [0.717, 1.165) is 57.5 Å². The van der Waals surface area contributed by atoms with Crippen molar-refractivity contribution >= 4 is 5.91 Å². The van der Waals surface area contributed by atoms with Gasteiger partial charge in [0.25, 0.3) is 0 Å². The van der Waals surface area contributed by atoms with E-state index in [-0.39, 0.29) is 5.92 Å². The van der Waals surface area contributed by atoms with Crippen LogP contribution in [-0.2, 0) is 11.2 Å². The number of ether oxygens (including phenoxy) is 1. The van der Waals surface area contributed by atoms with Crippen LogP contribution in [0.4, 0.5) is 0 Å². The number of carbonyl (C=O) groups is 1. The van der Waals surface area contributed by atoms with Gasteiger partial charge in [-0.15, -0.1) is 0 Å². The summed E-state index contributed by atoms with van der Waals surface area (Å²) in [5, 5.41) is 3.35. The molecule has 1 unspecified atom stereocenters. The topological polar surface area (TPSA) is 41.6 Å². The van der Waals surface area contributed by atoms with Gasteiger partial charge in [0.05, 0.1) is 7.11 Å². The molecule has 4 heteroatoms. The van der Waals surface area contributed by atoms with Crippen LogP contribution in [0.2, 0.25) is 0 Å². The van der Waals surface area contributed by atoms with Crippen LogP contribution in [0.3, 0.4) is 0 Å². The Morgan fingerprint density at radius 2 is 2.04 bits per heavy atom. The maximum absolute atomic E-state index is 12.6. The Morgan fingerprint density at radius 3 is 2.78 bits per heavy atom. The highest BCUT2D eigenvalue weighted by Crippen LogP contribution is 2.57. The highest BCUT2D eigenvalue weighted by molar-refractivity contribution is 5.79. The Labute approximate surface area is 163 Å². The lowest BCUT2D eigenvalue weighted by atomic mass is 9.79. The maximum atomic E-state index is 12.6. The lowest BCUT2D eigenvalue weighted by molar-refractivity contribution is -0.127. The molecule has 2 aliphatic carbocycles. The van der Waals surface area contributed by atoms with Gasteiger partial charge in [-0.2, -0.15) is 0 Å². The van der Waals surface area contributed by atoms with Crippen LogP contribution in [0.25, 0.3) is 0 Å². The van der Waals surface area contributed by atoms with E-state index < -0.39 is 0 Å². The van der Waals surface area contributed by atoms with E-state index >= 15 is 0 Å². The van der Waals surface area contributed by atoms with Crippen LogP contribution in [0.5, 0.6) is 5.75 Å². The summed E-state index contributed by atoms with van der Waals surface area (Å²) in [5.41, 5.74) is 2.01. The summed E-state index contributed by atoms with van der Waals surface area (Å²) in [7, 11) is 1.72.